The highest BCUT2D eigenvalue weighted by atomic mass is 35.5. The third-order valence-corrected chi connectivity index (χ3v) is 7.14. The fourth-order valence-electron chi connectivity index (χ4n) is 2.94. The Hall–Kier alpha value is -2.40. The van der Waals surface area contributed by atoms with Crippen molar-refractivity contribution in [3.05, 3.63) is 64.6 Å². The molecule has 1 aromatic heterocycles. The first-order valence-electron chi connectivity index (χ1n) is 9.64. The minimum atomic E-state index is -4.08. The summed E-state index contributed by atoms with van der Waals surface area (Å²) in [6.07, 6.45) is 1.07. The van der Waals surface area contributed by atoms with Gasteiger partial charge in [-0.2, -0.15) is 11.8 Å². The summed E-state index contributed by atoms with van der Waals surface area (Å²) < 4.78 is 42.0. The maximum absolute atomic E-state index is 14.2. The molecular formula is C21H21ClFN3O4S2. The van der Waals surface area contributed by atoms with Gasteiger partial charge in [-0.05, 0) is 35.6 Å². The number of aromatic nitrogens is 1. The first-order chi connectivity index (χ1) is 15.2. The molecule has 3 aromatic rings. The molecule has 7 nitrogen and oxygen atoms in total. The molecule has 0 saturated heterocycles. The van der Waals surface area contributed by atoms with Crippen LogP contribution in [0.15, 0.2) is 47.5 Å². The predicted molar refractivity (Wildman–Crippen MR) is 124 cm³/mol. The Balaban J connectivity index is 1.89. The van der Waals surface area contributed by atoms with Gasteiger partial charge in [0, 0.05) is 35.4 Å². The van der Waals surface area contributed by atoms with Crippen molar-refractivity contribution < 1.29 is 22.7 Å². The molecule has 0 radical (unpaired) electrons. The number of hydrogen-bond donors (Lipinski definition) is 3. The summed E-state index contributed by atoms with van der Waals surface area (Å²) in [6.45, 7) is 2.28. The van der Waals surface area contributed by atoms with Crippen molar-refractivity contribution in [3.63, 3.8) is 0 Å². The standard InChI is InChI=1S/C21H21ClFN3O4S2/c1-2-31-8-7-26-32(29,30)18-10-15(23)9-16-19(18)24-12-17(20(16)27)21(28)25-11-13-3-5-14(22)6-4-13/h3-6,9-10,12,26H,2,7-8,11H2,1H3,(H,24,27)(H,25,28). The van der Waals surface area contributed by atoms with E-state index in [1.54, 1.807) is 36.0 Å². The molecule has 0 aliphatic heterocycles. The van der Waals surface area contributed by atoms with Gasteiger partial charge in [-0.15, -0.1) is 0 Å². The van der Waals surface area contributed by atoms with E-state index in [2.05, 4.69) is 15.0 Å². The summed E-state index contributed by atoms with van der Waals surface area (Å²) in [7, 11) is -4.08. The molecule has 0 aliphatic rings. The summed E-state index contributed by atoms with van der Waals surface area (Å²) in [6, 6.07) is 8.61. The average Bonchev–Trinajstić information content (AvgIpc) is 2.76. The molecule has 11 heteroatoms. The van der Waals surface area contributed by atoms with E-state index in [9.17, 15) is 22.7 Å². The number of sulfonamides is 1. The molecule has 0 atom stereocenters. The van der Waals surface area contributed by atoms with Crippen LogP contribution in [0, 0.1) is 5.82 Å². The Labute approximate surface area is 194 Å². The third kappa shape index (κ3) is 5.69. The Morgan fingerprint density at radius 1 is 1.25 bits per heavy atom. The first kappa shape index (κ1) is 24.2. The molecular weight excluding hydrogens is 477 g/mol. The quantitative estimate of drug-likeness (QED) is 0.389. The molecule has 170 valence electrons. The van der Waals surface area contributed by atoms with Gasteiger partial charge in [-0.3, -0.25) is 9.78 Å². The number of fused-ring (bicyclic) bond motifs is 1. The van der Waals surface area contributed by atoms with E-state index in [4.69, 9.17) is 11.6 Å². The van der Waals surface area contributed by atoms with Crippen molar-refractivity contribution in [1.82, 2.24) is 15.0 Å². The molecule has 0 saturated carbocycles. The van der Waals surface area contributed by atoms with Crippen molar-refractivity contribution in [1.29, 1.82) is 0 Å². The number of carbonyl (C=O) groups excluding carboxylic acids is 1. The number of nitrogens with zero attached hydrogens (tertiary/aromatic N) is 1. The number of amides is 1. The Morgan fingerprint density at radius 3 is 2.66 bits per heavy atom. The van der Waals surface area contributed by atoms with Gasteiger partial charge >= 0.3 is 0 Å². The number of rotatable bonds is 9. The molecule has 2 aromatic carbocycles. The van der Waals surface area contributed by atoms with Gasteiger partial charge in [0.25, 0.3) is 5.91 Å². The summed E-state index contributed by atoms with van der Waals surface area (Å²) in [5, 5.41) is 13.6. The molecule has 0 fully saturated rings. The minimum absolute atomic E-state index is 0.131. The number of carbonyl (C=O) groups is 1. The third-order valence-electron chi connectivity index (χ3n) is 4.52. The van der Waals surface area contributed by atoms with Crippen LogP contribution in [0.2, 0.25) is 5.02 Å². The zero-order chi connectivity index (χ0) is 23.3. The molecule has 3 N–H and O–H groups in total. The lowest BCUT2D eigenvalue weighted by atomic mass is 10.1. The van der Waals surface area contributed by atoms with E-state index in [-0.39, 0.29) is 29.6 Å². The van der Waals surface area contributed by atoms with Crippen LogP contribution in [0.5, 0.6) is 5.75 Å². The summed E-state index contributed by atoms with van der Waals surface area (Å²) in [4.78, 5) is 16.2. The smallest absolute Gasteiger partial charge is 0.256 e. The average molecular weight is 498 g/mol. The van der Waals surface area contributed by atoms with Gasteiger partial charge < -0.3 is 10.4 Å². The number of hydrogen-bond acceptors (Lipinski definition) is 6. The topological polar surface area (TPSA) is 108 Å². The summed E-state index contributed by atoms with van der Waals surface area (Å²) >= 11 is 7.39. The van der Waals surface area contributed by atoms with Crippen LogP contribution in [0.1, 0.15) is 22.8 Å². The zero-order valence-electron chi connectivity index (χ0n) is 17.1. The number of pyridine rings is 1. The van der Waals surface area contributed by atoms with E-state index in [1.165, 1.54) is 0 Å². The van der Waals surface area contributed by atoms with Crippen molar-refractivity contribution in [2.24, 2.45) is 0 Å². The summed E-state index contributed by atoms with van der Waals surface area (Å²) in [5.41, 5.74) is 0.448. The summed E-state index contributed by atoms with van der Waals surface area (Å²) in [5.74, 6) is -0.685. The molecule has 0 aliphatic carbocycles. The number of thioether (sulfide) groups is 1. The number of benzene rings is 2. The fraction of sp³-hybridized carbons (Fsp3) is 0.238. The van der Waals surface area contributed by atoms with Crippen LogP contribution >= 0.6 is 23.4 Å². The van der Waals surface area contributed by atoms with Crippen molar-refractivity contribution >= 4 is 50.2 Å². The fourth-order valence-corrected chi connectivity index (χ4v) is 4.95. The van der Waals surface area contributed by atoms with Crippen LogP contribution in [0.4, 0.5) is 4.39 Å². The molecule has 32 heavy (non-hydrogen) atoms. The number of halogens is 2. The Bertz CT molecular complexity index is 1240. The zero-order valence-corrected chi connectivity index (χ0v) is 19.5. The Morgan fingerprint density at radius 2 is 1.97 bits per heavy atom. The monoisotopic (exact) mass is 497 g/mol. The van der Waals surface area contributed by atoms with Gasteiger partial charge in [0.15, 0.2) is 0 Å². The van der Waals surface area contributed by atoms with Crippen LogP contribution in [-0.2, 0) is 16.6 Å². The molecule has 1 amide bonds. The van der Waals surface area contributed by atoms with Gasteiger partial charge in [-0.25, -0.2) is 17.5 Å². The van der Waals surface area contributed by atoms with Crippen LogP contribution in [-0.4, -0.2) is 42.5 Å². The van der Waals surface area contributed by atoms with E-state index in [0.717, 1.165) is 29.6 Å². The normalized spacial score (nSPS) is 11.6. The second-order valence-corrected chi connectivity index (χ2v) is 10.3. The second-order valence-electron chi connectivity index (χ2n) is 6.72. The molecule has 3 rings (SSSR count). The van der Waals surface area contributed by atoms with Gasteiger partial charge in [-0.1, -0.05) is 30.7 Å². The van der Waals surface area contributed by atoms with Gasteiger partial charge in [0.05, 0.1) is 5.52 Å². The van der Waals surface area contributed by atoms with Crippen LogP contribution in [0.3, 0.4) is 0 Å². The SMILES string of the molecule is CCSCCNS(=O)(=O)c1cc(F)cc2c(O)c(C(=O)NCc3ccc(Cl)cc3)cnc12. The minimum Gasteiger partial charge on any atom is -0.506 e. The lowest BCUT2D eigenvalue weighted by molar-refractivity contribution is 0.0948. The van der Waals surface area contributed by atoms with Crippen molar-refractivity contribution in [2.45, 2.75) is 18.4 Å². The molecule has 1 heterocycles. The largest absolute Gasteiger partial charge is 0.506 e. The van der Waals surface area contributed by atoms with E-state index < -0.39 is 32.4 Å². The predicted octanol–water partition coefficient (Wildman–Crippen LogP) is 3.69. The van der Waals surface area contributed by atoms with E-state index >= 15 is 0 Å². The molecule has 0 spiro atoms. The highest BCUT2D eigenvalue weighted by Crippen LogP contribution is 2.32. The maximum atomic E-state index is 14.2. The highest BCUT2D eigenvalue weighted by molar-refractivity contribution is 7.99. The van der Waals surface area contributed by atoms with Crippen LogP contribution in [0.25, 0.3) is 10.9 Å². The first-order valence-corrected chi connectivity index (χ1v) is 12.7. The lowest BCUT2D eigenvalue weighted by Gasteiger charge is -2.12. The van der Waals surface area contributed by atoms with Crippen molar-refractivity contribution in [2.75, 3.05) is 18.1 Å². The van der Waals surface area contributed by atoms with Crippen LogP contribution < -0.4 is 10.0 Å². The van der Waals surface area contributed by atoms with E-state index in [0.29, 0.717) is 10.8 Å². The second kappa shape index (κ2) is 10.5. The van der Waals surface area contributed by atoms with Gasteiger partial charge in [0.1, 0.15) is 22.0 Å². The maximum Gasteiger partial charge on any atom is 0.256 e. The molecule has 0 unspecified atom stereocenters. The highest BCUT2D eigenvalue weighted by Gasteiger charge is 2.23. The van der Waals surface area contributed by atoms with Crippen molar-refractivity contribution in [3.8, 4) is 5.75 Å². The number of nitrogens with one attached hydrogen (secondary N) is 2. The number of aromatic hydroxyl groups is 1. The Kier molecular flexibility index (Phi) is 7.94. The molecule has 0 bridgehead atoms. The van der Waals surface area contributed by atoms with E-state index in [1.807, 2.05) is 6.92 Å². The lowest BCUT2D eigenvalue weighted by Crippen LogP contribution is -2.27. The van der Waals surface area contributed by atoms with Gasteiger partial charge in [0.2, 0.25) is 10.0 Å².